The predicted octanol–water partition coefficient (Wildman–Crippen LogP) is 2.40. The zero-order chi connectivity index (χ0) is 76.1. The van der Waals surface area contributed by atoms with Gasteiger partial charge in [-0.05, 0) is 148 Å². The van der Waals surface area contributed by atoms with Crippen LogP contribution in [0.25, 0.3) is 22.0 Å². The molecule has 1 aromatic heterocycles. The number of aliphatic carboxylic acids is 1. The van der Waals surface area contributed by atoms with Gasteiger partial charge in [-0.3, -0.25) is 48.3 Å². The molecule has 0 spiro atoms. The number of benzene rings is 4. The summed E-state index contributed by atoms with van der Waals surface area (Å²) in [5.74, 6) is -8.73. The van der Waals surface area contributed by atoms with Crippen LogP contribution in [0.3, 0.4) is 0 Å². The van der Waals surface area contributed by atoms with Crippen LogP contribution in [0, 0.1) is 11.8 Å². The molecule has 30 heteroatoms. The summed E-state index contributed by atoms with van der Waals surface area (Å²) in [7, 11) is 0. The third-order valence-corrected chi connectivity index (χ3v) is 18.7. The van der Waals surface area contributed by atoms with Crippen molar-refractivity contribution in [1.29, 1.82) is 0 Å². The van der Waals surface area contributed by atoms with E-state index in [2.05, 4.69) is 57.5 Å². The summed E-state index contributed by atoms with van der Waals surface area (Å²) in [5.41, 5.74) is 40.5. The van der Waals surface area contributed by atoms with Crippen molar-refractivity contribution < 1.29 is 57.8 Å². The van der Waals surface area contributed by atoms with Crippen LogP contribution < -0.4 is 76.9 Å². The van der Waals surface area contributed by atoms with Gasteiger partial charge in [0.15, 0.2) is 11.9 Å². The van der Waals surface area contributed by atoms with Crippen LogP contribution in [0.2, 0.25) is 0 Å². The first-order chi connectivity index (χ1) is 50.4. The van der Waals surface area contributed by atoms with E-state index in [0.29, 0.717) is 43.2 Å². The molecule has 105 heavy (non-hydrogen) atoms. The second kappa shape index (κ2) is 41.0. The van der Waals surface area contributed by atoms with E-state index in [1.165, 1.54) is 4.90 Å². The Morgan fingerprint density at radius 2 is 0.981 bits per heavy atom. The van der Waals surface area contributed by atoms with E-state index in [4.69, 9.17) is 39.1 Å². The molecule has 22 N–H and O–H groups in total. The molecule has 7 rings (SSSR count). The van der Waals surface area contributed by atoms with Crippen molar-refractivity contribution in [1.82, 2.24) is 52.4 Å². The van der Waals surface area contributed by atoms with E-state index in [0.717, 1.165) is 33.2 Å². The lowest BCUT2D eigenvalue weighted by Crippen LogP contribution is -2.61. The van der Waals surface area contributed by atoms with Gasteiger partial charge in [0.1, 0.15) is 61.0 Å². The number of carboxylic acids is 1. The number of amides is 9. The molecule has 1 aliphatic heterocycles. The lowest BCUT2D eigenvalue weighted by molar-refractivity contribution is -0.150. The van der Waals surface area contributed by atoms with Gasteiger partial charge in [0.2, 0.25) is 47.3 Å². The van der Waals surface area contributed by atoms with Gasteiger partial charge in [-0.15, -0.1) is 0 Å². The van der Waals surface area contributed by atoms with Gasteiger partial charge in [-0.25, -0.2) is 9.59 Å². The van der Waals surface area contributed by atoms with Crippen LogP contribution in [0.5, 0.6) is 0 Å². The molecular weight excluding hydrogens is 1340 g/mol. The van der Waals surface area contributed by atoms with E-state index >= 15 is 4.79 Å². The number of nitrogens with zero attached hydrogens (tertiary/aromatic N) is 3. The number of likely N-dealkylation sites (tertiary alicyclic amines) is 1. The number of carbonyl (C=O) groups excluding carboxylic acids is 9. The number of nitrogens with one attached hydrogen (secondary N) is 9. The second-order valence-corrected chi connectivity index (χ2v) is 27.5. The van der Waals surface area contributed by atoms with Crippen molar-refractivity contribution in [3.05, 3.63) is 132 Å². The maximum atomic E-state index is 15.2. The number of aromatic amines is 1. The van der Waals surface area contributed by atoms with Gasteiger partial charge in [-0.1, -0.05) is 125 Å². The highest BCUT2D eigenvalue weighted by molar-refractivity contribution is 5.99. The molecule has 568 valence electrons. The van der Waals surface area contributed by atoms with Crippen molar-refractivity contribution in [2.75, 3.05) is 39.3 Å². The molecule has 9 amide bonds. The number of guanidine groups is 2. The fraction of sp³-hybridized carbons (Fsp3) is 0.493. The maximum absolute atomic E-state index is 15.2. The Bertz CT molecular complexity index is 3770. The molecule has 4 aromatic carbocycles. The average molecular weight is 1450 g/mol. The number of aromatic nitrogens is 1. The number of ether oxygens (including phenoxy) is 1. The predicted molar refractivity (Wildman–Crippen MR) is 400 cm³/mol. The van der Waals surface area contributed by atoms with Crippen LogP contribution in [0.4, 0.5) is 4.79 Å². The lowest BCUT2D eigenvalue weighted by Gasteiger charge is -2.31. The number of H-pyrrole nitrogens is 1. The van der Waals surface area contributed by atoms with E-state index in [1.807, 2.05) is 92.7 Å². The Morgan fingerprint density at radius 3 is 1.49 bits per heavy atom. The maximum Gasteiger partial charge on any atom is 0.407 e. The molecule has 1 fully saturated rings. The molecular formula is C75H106N18O12. The number of rotatable bonds is 42. The minimum Gasteiger partial charge on any atom is -0.480 e. The first kappa shape index (κ1) is 81.7. The molecule has 9 atom stereocenters. The number of aliphatic imine (C=N–C) groups is 2. The Labute approximate surface area is 612 Å². The highest BCUT2D eigenvalue weighted by Crippen LogP contribution is 2.44. The fourth-order valence-electron chi connectivity index (χ4n) is 13.2. The summed E-state index contributed by atoms with van der Waals surface area (Å²) < 4.78 is 5.93. The summed E-state index contributed by atoms with van der Waals surface area (Å²) in [4.78, 5) is 157. The molecule has 0 bridgehead atoms. The van der Waals surface area contributed by atoms with Gasteiger partial charge in [0.05, 0.1) is 0 Å². The van der Waals surface area contributed by atoms with Crippen LogP contribution in [0.15, 0.2) is 119 Å². The number of alkyl carbamates (subject to hydrolysis) is 1. The summed E-state index contributed by atoms with van der Waals surface area (Å²) in [6.45, 7) is 7.73. The Hall–Kier alpha value is -10.6. The van der Waals surface area contributed by atoms with Crippen molar-refractivity contribution in [2.45, 2.75) is 184 Å². The number of hydrogen-bond donors (Lipinski definition) is 16. The largest absolute Gasteiger partial charge is 0.480 e. The molecule has 5 aromatic rings. The smallest absolute Gasteiger partial charge is 0.407 e. The number of carboxylic acid groups (broad SMARTS) is 1. The van der Waals surface area contributed by atoms with Gasteiger partial charge in [0.25, 0.3) is 0 Å². The standard InChI is InChI=1S/C75H106N18O12/c1-44(2)39-59(89-70(100)61(41-47-42-84-54-28-13-12-23-48(47)54)90-69(99)60(40-46-21-6-5-7-22-46)91-75(104)105-43-53-51-26-10-8-24-49(51)50-25-9-11-27-52(50)53)68(98)88-56(30-15-17-35-77)65(95)86-57(31-18-36-82-73(78)79)66(96)85-55(29-14-16-34-76)64(94)87-58(32-19-37-83-74(80)81)67(97)92-63(45(3)4)71(101)93-38-20-33-62(93)72(102)103/h5-13,21-28,42,44-45,53,55-63,84H,14-20,29-41,43,76-77H2,1-4H3,(H,85,96)(H,86,95)(H,87,94)(H,88,98)(H,89,100)(H,90,99)(H,91,104)(H,92,97)(H,102,103)(H4,78,79,82)(H4,80,81,83)/t55-,56-,57-,58-,59-,60-,61-,62-,63-/m0/s1. The monoisotopic (exact) mass is 1450 g/mol. The molecule has 0 saturated carbocycles. The summed E-state index contributed by atoms with van der Waals surface area (Å²) in [5, 5.41) is 33.2. The minimum absolute atomic E-state index is 0.00210. The average Bonchev–Trinajstić information content (AvgIpc) is 1.62. The van der Waals surface area contributed by atoms with E-state index in [-0.39, 0.29) is 127 Å². The zero-order valence-corrected chi connectivity index (χ0v) is 60.4. The van der Waals surface area contributed by atoms with E-state index in [1.54, 1.807) is 44.3 Å². The SMILES string of the molecule is CC(C)C[C@H](NC(=O)[C@H](Cc1c[nH]c2ccccc12)NC(=O)[C@H](Cc1ccccc1)NC(=O)OCC1c2ccccc2-c2ccccc21)C(=O)N[C@@H](CCCCN)C(=O)N[C@@H](CCCN=C(N)N)C(=O)N[C@@H](CCCCN)C(=O)N[C@@H](CCCN=C(N)N)C(=O)N[C@H](C(=O)N1CCC[C@H]1C(=O)O)C(C)C. The van der Waals surface area contributed by atoms with Crippen molar-refractivity contribution >= 4 is 82.1 Å². The molecule has 0 unspecified atom stereocenters. The van der Waals surface area contributed by atoms with Gasteiger partial charge in [-0.2, -0.15) is 0 Å². The number of fused-ring (bicyclic) bond motifs is 4. The molecule has 0 radical (unpaired) electrons. The number of hydrogen-bond acceptors (Lipinski definition) is 15. The molecule has 2 heterocycles. The Morgan fingerprint density at radius 1 is 0.533 bits per heavy atom. The highest BCUT2D eigenvalue weighted by atomic mass is 16.5. The molecule has 1 aliphatic carbocycles. The van der Waals surface area contributed by atoms with Crippen LogP contribution >= 0.6 is 0 Å². The Kier molecular flexibility index (Phi) is 31.9. The second-order valence-electron chi connectivity index (χ2n) is 27.5. The van der Waals surface area contributed by atoms with Crippen LogP contribution in [-0.4, -0.2) is 180 Å². The fourth-order valence-corrected chi connectivity index (χ4v) is 13.2. The summed E-state index contributed by atoms with van der Waals surface area (Å²) in [6, 6.07) is 20.6. The number of para-hydroxylation sites is 1. The molecule has 1 saturated heterocycles. The van der Waals surface area contributed by atoms with Gasteiger partial charge >= 0.3 is 12.1 Å². The Balaban J connectivity index is 1.12. The van der Waals surface area contributed by atoms with Gasteiger partial charge < -0.3 is 96.7 Å². The lowest BCUT2D eigenvalue weighted by atomic mass is 9.98. The molecule has 2 aliphatic rings. The van der Waals surface area contributed by atoms with Crippen LogP contribution in [-0.2, 0) is 60.7 Å². The normalized spacial score (nSPS) is 15.4. The van der Waals surface area contributed by atoms with Crippen molar-refractivity contribution in [3.8, 4) is 11.1 Å². The third-order valence-electron chi connectivity index (χ3n) is 18.7. The zero-order valence-electron chi connectivity index (χ0n) is 60.4. The first-order valence-corrected chi connectivity index (χ1v) is 36.2. The van der Waals surface area contributed by atoms with Gasteiger partial charge in [0, 0.05) is 55.5 Å². The van der Waals surface area contributed by atoms with E-state index in [9.17, 15) is 48.3 Å². The highest BCUT2D eigenvalue weighted by Gasteiger charge is 2.41. The van der Waals surface area contributed by atoms with Crippen LogP contribution in [0.1, 0.15) is 139 Å². The molecule has 30 nitrogen and oxygen atoms in total. The first-order valence-electron chi connectivity index (χ1n) is 36.2. The summed E-state index contributed by atoms with van der Waals surface area (Å²) >= 11 is 0. The van der Waals surface area contributed by atoms with E-state index < -0.39 is 120 Å². The van der Waals surface area contributed by atoms with Crippen molar-refractivity contribution in [2.24, 2.45) is 56.2 Å². The summed E-state index contributed by atoms with van der Waals surface area (Å²) in [6.07, 6.45) is 3.16. The van der Waals surface area contributed by atoms with Crippen molar-refractivity contribution in [3.63, 3.8) is 0 Å². The number of nitrogens with two attached hydrogens (primary N) is 6. The topological polar surface area (TPSA) is 496 Å². The minimum atomic E-state index is -1.41. The number of unbranched alkanes of at least 4 members (excludes halogenated alkanes) is 2. The number of carbonyl (C=O) groups is 10. The third kappa shape index (κ3) is 24.5. The quantitative estimate of drug-likeness (QED) is 0.0151.